The molecular weight excluding hydrogens is 292 g/mol. The largest absolute Gasteiger partial charge is 0.248 e. The molecule has 0 bridgehead atoms. The Kier molecular flexibility index (Phi) is 2.39. The van der Waals surface area contributed by atoms with Gasteiger partial charge >= 0.3 is 0 Å². The summed E-state index contributed by atoms with van der Waals surface area (Å²) in [5, 5.41) is 0. The molecule has 5 rings (SSSR count). The van der Waals surface area contributed by atoms with Crippen LogP contribution in [-0.4, -0.2) is 9.97 Å². The normalized spacial score (nSPS) is 17.8. The highest BCUT2D eigenvalue weighted by atomic mass is 14.9. The van der Waals surface area contributed by atoms with Crippen LogP contribution in [0.4, 0.5) is 0 Å². The summed E-state index contributed by atoms with van der Waals surface area (Å²) in [4.78, 5) is 10.4. The number of hydrogen-bond acceptors (Lipinski definition) is 2. The van der Waals surface area contributed by atoms with E-state index in [1.807, 2.05) is 0 Å². The van der Waals surface area contributed by atoms with Gasteiger partial charge in [0.15, 0.2) is 0 Å². The third-order valence-electron chi connectivity index (χ3n) is 5.79. The summed E-state index contributed by atoms with van der Waals surface area (Å²) in [5.74, 6) is 0. The van der Waals surface area contributed by atoms with Crippen molar-refractivity contribution in [3.05, 3.63) is 71.0 Å². The van der Waals surface area contributed by atoms with E-state index in [0.29, 0.717) is 0 Å². The average molecular weight is 312 g/mol. The Morgan fingerprint density at radius 1 is 0.583 bits per heavy atom. The number of rotatable bonds is 0. The van der Waals surface area contributed by atoms with Crippen molar-refractivity contribution in [2.45, 2.75) is 38.5 Å². The van der Waals surface area contributed by atoms with E-state index in [-0.39, 0.29) is 10.8 Å². The van der Waals surface area contributed by atoms with Gasteiger partial charge in [0.1, 0.15) is 0 Å². The molecule has 0 atom stereocenters. The summed E-state index contributed by atoms with van der Waals surface area (Å²) in [6.45, 7) is 9.02. The van der Waals surface area contributed by atoms with Gasteiger partial charge in [0, 0.05) is 22.0 Å². The smallest absolute Gasteiger partial charge is 0.0933 e. The second kappa shape index (κ2) is 4.13. The van der Waals surface area contributed by atoms with Gasteiger partial charge in [-0.05, 0) is 11.1 Å². The first-order valence-electron chi connectivity index (χ1n) is 8.55. The standard InChI is InChI=1S/C22H20N2/c1-21(2)15-11-7-5-9-13(15)17-19(21)23-18-14-10-6-8-12-16(14)22(3,4)20(18)24-17/h5-12H,1-4H3. The van der Waals surface area contributed by atoms with Crippen LogP contribution in [0.2, 0.25) is 0 Å². The lowest BCUT2D eigenvalue weighted by molar-refractivity contribution is 0.617. The van der Waals surface area contributed by atoms with Gasteiger partial charge in [-0.15, -0.1) is 0 Å². The monoisotopic (exact) mass is 312 g/mol. The molecule has 0 fully saturated rings. The molecule has 2 aliphatic rings. The van der Waals surface area contributed by atoms with Crippen LogP contribution < -0.4 is 0 Å². The third-order valence-corrected chi connectivity index (χ3v) is 5.79. The van der Waals surface area contributed by atoms with Crippen molar-refractivity contribution >= 4 is 0 Å². The van der Waals surface area contributed by atoms with Crippen LogP contribution >= 0.6 is 0 Å². The van der Waals surface area contributed by atoms with E-state index in [0.717, 1.165) is 22.8 Å². The summed E-state index contributed by atoms with van der Waals surface area (Å²) in [6, 6.07) is 17.2. The molecule has 24 heavy (non-hydrogen) atoms. The molecule has 0 saturated heterocycles. The molecule has 0 saturated carbocycles. The predicted molar refractivity (Wildman–Crippen MR) is 97.2 cm³/mol. The Labute approximate surface area is 142 Å². The zero-order valence-electron chi connectivity index (χ0n) is 14.5. The van der Waals surface area contributed by atoms with Crippen molar-refractivity contribution in [2.75, 3.05) is 0 Å². The number of hydrogen-bond donors (Lipinski definition) is 0. The maximum Gasteiger partial charge on any atom is 0.0933 e. The van der Waals surface area contributed by atoms with Crippen LogP contribution in [-0.2, 0) is 10.8 Å². The highest BCUT2D eigenvalue weighted by molar-refractivity contribution is 5.82. The van der Waals surface area contributed by atoms with Crippen molar-refractivity contribution in [3.63, 3.8) is 0 Å². The topological polar surface area (TPSA) is 25.8 Å². The van der Waals surface area contributed by atoms with Gasteiger partial charge in [0.2, 0.25) is 0 Å². The Bertz CT molecular complexity index is 929. The maximum absolute atomic E-state index is 5.18. The SMILES string of the molecule is CC1(C)c2ccccc2-c2nc3c(nc21)-c1ccccc1C3(C)C. The van der Waals surface area contributed by atoms with Gasteiger partial charge in [-0.3, -0.25) is 0 Å². The fourth-order valence-electron chi connectivity index (χ4n) is 4.41. The third kappa shape index (κ3) is 1.47. The predicted octanol–water partition coefficient (Wildman–Crippen LogP) is 5.09. The molecule has 1 heterocycles. The summed E-state index contributed by atoms with van der Waals surface area (Å²) in [7, 11) is 0. The molecule has 0 aliphatic heterocycles. The molecule has 2 aliphatic carbocycles. The molecule has 2 heteroatoms. The highest BCUT2D eigenvalue weighted by Crippen LogP contribution is 2.52. The van der Waals surface area contributed by atoms with Gasteiger partial charge in [-0.2, -0.15) is 0 Å². The molecule has 1 aromatic heterocycles. The van der Waals surface area contributed by atoms with Gasteiger partial charge < -0.3 is 0 Å². The molecule has 0 amide bonds. The molecule has 2 nitrogen and oxygen atoms in total. The number of nitrogens with zero attached hydrogens (tertiary/aromatic N) is 2. The van der Waals surface area contributed by atoms with Crippen LogP contribution in [0.15, 0.2) is 48.5 Å². The fourth-order valence-corrected chi connectivity index (χ4v) is 4.41. The van der Waals surface area contributed by atoms with Crippen molar-refractivity contribution in [3.8, 4) is 22.5 Å². The molecule has 3 aromatic rings. The second-order valence-electron chi connectivity index (χ2n) is 7.96. The van der Waals surface area contributed by atoms with Crippen LogP contribution in [0.25, 0.3) is 22.5 Å². The minimum absolute atomic E-state index is 0.102. The number of fused-ring (bicyclic) bond motifs is 6. The zero-order chi connectivity index (χ0) is 16.7. The van der Waals surface area contributed by atoms with Gasteiger partial charge in [0.05, 0.1) is 22.8 Å². The Balaban J connectivity index is 1.88. The minimum Gasteiger partial charge on any atom is -0.248 e. The van der Waals surface area contributed by atoms with Crippen LogP contribution in [0.3, 0.4) is 0 Å². The molecule has 2 aromatic carbocycles. The van der Waals surface area contributed by atoms with E-state index < -0.39 is 0 Å². The highest BCUT2D eigenvalue weighted by Gasteiger charge is 2.43. The van der Waals surface area contributed by atoms with Gasteiger partial charge in [-0.1, -0.05) is 76.2 Å². The Morgan fingerprint density at radius 2 is 0.958 bits per heavy atom. The van der Waals surface area contributed by atoms with E-state index >= 15 is 0 Å². The summed E-state index contributed by atoms with van der Waals surface area (Å²) in [5.41, 5.74) is 9.27. The van der Waals surface area contributed by atoms with Gasteiger partial charge in [0.25, 0.3) is 0 Å². The van der Waals surface area contributed by atoms with Crippen molar-refractivity contribution < 1.29 is 0 Å². The minimum atomic E-state index is -0.102. The molecular formula is C22H20N2. The zero-order valence-corrected chi connectivity index (χ0v) is 14.5. The van der Waals surface area contributed by atoms with E-state index in [1.54, 1.807) is 0 Å². The van der Waals surface area contributed by atoms with Crippen LogP contribution in [0, 0.1) is 0 Å². The first kappa shape index (κ1) is 13.9. The van der Waals surface area contributed by atoms with Crippen molar-refractivity contribution in [1.82, 2.24) is 9.97 Å². The molecule has 0 N–H and O–H groups in total. The van der Waals surface area contributed by atoms with Crippen LogP contribution in [0.1, 0.15) is 50.2 Å². The average Bonchev–Trinajstić information content (AvgIpc) is 2.95. The lowest BCUT2D eigenvalue weighted by Crippen LogP contribution is -2.20. The molecule has 118 valence electrons. The first-order valence-corrected chi connectivity index (χ1v) is 8.55. The van der Waals surface area contributed by atoms with E-state index in [4.69, 9.17) is 9.97 Å². The summed E-state index contributed by atoms with van der Waals surface area (Å²) < 4.78 is 0. The maximum atomic E-state index is 5.18. The van der Waals surface area contributed by atoms with E-state index in [9.17, 15) is 0 Å². The Hall–Kier alpha value is -2.48. The van der Waals surface area contributed by atoms with Crippen molar-refractivity contribution in [2.24, 2.45) is 0 Å². The van der Waals surface area contributed by atoms with Crippen LogP contribution in [0.5, 0.6) is 0 Å². The summed E-state index contributed by atoms with van der Waals surface area (Å²) >= 11 is 0. The quantitative estimate of drug-likeness (QED) is 0.578. The van der Waals surface area contributed by atoms with Crippen molar-refractivity contribution in [1.29, 1.82) is 0 Å². The fraction of sp³-hybridized carbons (Fsp3) is 0.273. The lowest BCUT2D eigenvalue weighted by Gasteiger charge is -2.22. The first-order chi connectivity index (χ1) is 11.4. The number of aromatic nitrogens is 2. The van der Waals surface area contributed by atoms with Gasteiger partial charge in [-0.25, -0.2) is 9.97 Å². The van der Waals surface area contributed by atoms with E-state index in [1.165, 1.54) is 22.3 Å². The molecule has 0 radical (unpaired) electrons. The number of benzene rings is 2. The molecule has 0 spiro atoms. The second-order valence-corrected chi connectivity index (χ2v) is 7.96. The molecule has 0 unspecified atom stereocenters. The lowest BCUT2D eigenvalue weighted by atomic mass is 9.85. The Morgan fingerprint density at radius 3 is 1.38 bits per heavy atom. The summed E-state index contributed by atoms with van der Waals surface area (Å²) in [6.07, 6.45) is 0. The van der Waals surface area contributed by atoms with E-state index in [2.05, 4.69) is 76.2 Å².